The van der Waals surface area contributed by atoms with Gasteiger partial charge in [-0.1, -0.05) is 30.7 Å². The summed E-state index contributed by atoms with van der Waals surface area (Å²) in [5, 5.41) is 10.8. The van der Waals surface area contributed by atoms with Gasteiger partial charge in [-0.2, -0.15) is 5.10 Å². The van der Waals surface area contributed by atoms with Crippen molar-refractivity contribution in [3.63, 3.8) is 0 Å². The van der Waals surface area contributed by atoms with Crippen molar-refractivity contribution in [2.24, 2.45) is 4.99 Å². The first-order valence-corrected chi connectivity index (χ1v) is 10.6. The minimum Gasteiger partial charge on any atom is -0.326 e. The van der Waals surface area contributed by atoms with Crippen LogP contribution in [-0.4, -0.2) is 21.6 Å². The van der Waals surface area contributed by atoms with Crippen LogP contribution < -0.4 is 10.6 Å². The molecule has 0 saturated heterocycles. The Bertz CT molecular complexity index is 1080. The second-order valence-corrected chi connectivity index (χ2v) is 7.99. The van der Waals surface area contributed by atoms with Crippen LogP contribution >= 0.6 is 0 Å². The number of hydrogen-bond donors (Lipinski definition) is 2. The SMILES string of the molecule is CCCn1cc(CN=C(NC(=O)c2cccc(C)c2)Nc2cc(C)cc(C)c2)c(C)n1. The van der Waals surface area contributed by atoms with E-state index in [1.54, 1.807) is 6.07 Å². The Hall–Kier alpha value is -3.41. The largest absolute Gasteiger partial charge is 0.326 e. The van der Waals surface area contributed by atoms with Gasteiger partial charge in [0, 0.05) is 29.6 Å². The van der Waals surface area contributed by atoms with Crippen molar-refractivity contribution in [2.75, 3.05) is 5.32 Å². The van der Waals surface area contributed by atoms with E-state index < -0.39 is 0 Å². The number of guanidine groups is 1. The topological polar surface area (TPSA) is 71.3 Å². The van der Waals surface area contributed by atoms with E-state index in [2.05, 4.69) is 28.7 Å². The van der Waals surface area contributed by atoms with Gasteiger partial charge in [-0.15, -0.1) is 0 Å². The molecule has 1 amide bonds. The third-order valence-corrected chi connectivity index (χ3v) is 4.90. The average Bonchev–Trinajstić information content (AvgIpc) is 3.04. The first-order chi connectivity index (χ1) is 14.8. The molecule has 1 aromatic heterocycles. The first-order valence-electron chi connectivity index (χ1n) is 10.6. The normalized spacial score (nSPS) is 11.5. The summed E-state index contributed by atoms with van der Waals surface area (Å²) < 4.78 is 1.95. The number of carbonyl (C=O) groups excluding carboxylic acids is 1. The number of anilines is 1. The van der Waals surface area contributed by atoms with Gasteiger partial charge in [-0.05, 0) is 69.5 Å². The van der Waals surface area contributed by atoms with Crippen LogP contribution in [0.15, 0.2) is 53.7 Å². The molecule has 6 heteroatoms. The van der Waals surface area contributed by atoms with Crippen LogP contribution in [-0.2, 0) is 13.1 Å². The highest BCUT2D eigenvalue weighted by Gasteiger charge is 2.11. The predicted molar refractivity (Wildman–Crippen MR) is 127 cm³/mol. The number of hydrogen-bond acceptors (Lipinski definition) is 3. The van der Waals surface area contributed by atoms with E-state index in [9.17, 15) is 4.79 Å². The lowest BCUT2D eigenvalue weighted by Crippen LogP contribution is -2.36. The molecule has 3 aromatic rings. The van der Waals surface area contributed by atoms with Crippen LogP contribution in [0, 0.1) is 27.7 Å². The van der Waals surface area contributed by atoms with Gasteiger partial charge in [-0.25, -0.2) is 4.99 Å². The standard InChI is InChI=1S/C25H31N5O/c1-6-10-30-16-22(20(5)29-30)15-26-25(27-23-13-18(3)11-19(4)14-23)28-24(31)21-9-7-8-17(2)12-21/h7-9,11-14,16H,6,10,15H2,1-5H3,(H2,26,27,28,31). The molecule has 0 radical (unpaired) electrons. The average molecular weight is 418 g/mol. The fourth-order valence-corrected chi connectivity index (χ4v) is 3.48. The lowest BCUT2D eigenvalue weighted by Gasteiger charge is -2.13. The Labute approximate surface area is 184 Å². The molecular formula is C25H31N5O. The van der Waals surface area contributed by atoms with Crippen LogP contribution in [0.5, 0.6) is 0 Å². The summed E-state index contributed by atoms with van der Waals surface area (Å²) >= 11 is 0. The van der Waals surface area contributed by atoms with E-state index in [0.717, 1.165) is 46.6 Å². The second-order valence-electron chi connectivity index (χ2n) is 7.99. The number of aliphatic imine (C=N–C) groups is 1. The highest BCUT2D eigenvalue weighted by molar-refractivity contribution is 6.10. The number of benzene rings is 2. The molecule has 1 heterocycles. The number of aromatic nitrogens is 2. The third-order valence-electron chi connectivity index (χ3n) is 4.90. The van der Waals surface area contributed by atoms with Crippen molar-refractivity contribution >= 4 is 17.6 Å². The van der Waals surface area contributed by atoms with E-state index in [4.69, 9.17) is 4.99 Å². The zero-order valence-electron chi connectivity index (χ0n) is 19.0. The van der Waals surface area contributed by atoms with Gasteiger partial charge < -0.3 is 5.32 Å². The third kappa shape index (κ3) is 6.28. The Morgan fingerprint density at radius 1 is 1.03 bits per heavy atom. The fraction of sp³-hybridized carbons (Fsp3) is 0.320. The summed E-state index contributed by atoms with van der Waals surface area (Å²) in [4.78, 5) is 17.5. The van der Waals surface area contributed by atoms with Gasteiger partial charge in [0.2, 0.25) is 5.96 Å². The highest BCUT2D eigenvalue weighted by atomic mass is 16.1. The van der Waals surface area contributed by atoms with Crippen molar-refractivity contribution < 1.29 is 4.79 Å². The number of carbonyl (C=O) groups is 1. The van der Waals surface area contributed by atoms with Crippen LogP contribution in [0.1, 0.15) is 51.7 Å². The summed E-state index contributed by atoms with van der Waals surface area (Å²) in [6.45, 7) is 11.5. The van der Waals surface area contributed by atoms with Crippen LogP contribution in [0.2, 0.25) is 0 Å². The Morgan fingerprint density at radius 3 is 2.45 bits per heavy atom. The molecule has 0 atom stereocenters. The maximum Gasteiger partial charge on any atom is 0.257 e. The lowest BCUT2D eigenvalue weighted by atomic mass is 10.1. The molecule has 3 rings (SSSR count). The molecule has 0 saturated carbocycles. The molecule has 0 aliphatic heterocycles. The zero-order valence-corrected chi connectivity index (χ0v) is 19.0. The highest BCUT2D eigenvalue weighted by Crippen LogP contribution is 2.14. The number of nitrogens with zero attached hydrogens (tertiary/aromatic N) is 3. The predicted octanol–water partition coefficient (Wildman–Crippen LogP) is 4.92. The zero-order chi connectivity index (χ0) is 22.4. The molecule has 0 aliphatic carbocycles. The van der Waals surface area contributed by atoms with Crippen molar-refractivity contribution in [2.45, 2.75) is 54.1 Å². The summed E-state index contributed by atoms with van der Waals surface area (Å²) in [7, 11) is 0. The van der Waals surface area contributed by atoms with Crippen molar-refractivity contribution in [1.82, 2.24) is 15.1 Å². The molecule has 6 nitrogen and oxygen atoms in total. The lowest BCUT2D eigenvalue weighted by molar-refractivity contribution is 0.0977. The molecule has 0 spiro atoms. The van der Waals surface area contributed by atoms with E-state index in [1.807, 2.05) is 68.9 Å². The maximum atomic E-state index is 12.9. The van der Waals surface area contributed by atoms with Gasteiger partial charge >= 0.3 is 0 Å². The van der Waals surface area contributed by atoms with E-state index >= 15 is 0 Å². The van der Waals surface area contributed by atoms with Crippen LogP contribution in [0.3, 0.4) is 0 Å². The van der Waals surface area contributed by atoms with Crippen molar-refractivity contribution in [3.05, 3.63) is 82.2 Å². The Kier molecular flexibility index (Phi) is 7.23. The molecule has 2 aromatic carbocycles. The van der Waals surface area contributed by atoms with Crippen LogP contribution in [0.25, 0.3) is 0 Å². The molecule has 2 N–H and O–H groups in total. The summed E-state index contributed by atoms with van der Waals surface area (Å²) in [6, 6.07) is 13.7. The molecular weight excluding hydrogens is 386 g/mol. The maximum absolute atomic E-state index is 12.9. The Morgan fingerprint density at radius 2 is 1.77 bits per heavy atom. The second kappa shape index (κ2) is 10.1. The summed E-state index contributed by atoms with van der Waals surface area (Å²) in [6.07, 6.45) is 3.05. The van der Waals surface area contributed by atoms with E-state index in [0.29, 0.717) is 18.1 Å². The van der Waals surface area contributed by atoms with Gasteiger partial charge in [-0.3, -0.25) is 14.8 Å². The van der Waals surface area contributed by atoms with Crippen molar-refractivity contribution in [3.8, 4) is 0 Å². The van der Waals surface area contributed by atoms with Crippen LogP contribution in [0.4, 0.5) is 5.69 Å². The van der Waals surface area contributed by atoms with E-state index in [1.165, 1.54) is 0 Å². The smallest absolute Gasteiger partial charge is 0.257 e. The van der Waals surface area contributed by atoms with Gasteiger partial charge in [0.05, 0.1) is 12.2 Å². The quantitative estimate of drug-likeness (QED) is 0.441. The number of rotatable bonds is 6. The number of amides is 1. The molecule has 31 heavy (non-hydrogen) atoms. The van der Waals surface area contributed by atoms with Gasteiger partial charge in [0.15, 0.2) is 0 Å². The van der Waals surface area contributed by atoms with Crippen molar-refractivity contribution in [1.29, 1.82) is 0 Å². The summed E-state index contributed by atoms with van der Waals surface area (Å²) in [5.41, 5.74) is 6.80. The van der Waals surface area contributed by atoms with E-state index in [-0.39, 0.29) is 5.91 Å². The fourth-order valence-electron chi connectivity index (χ4n) is 3.48. The van der Waals surface area contributed by atoms with Gasteiger partial charge in [0.25, 0.3) is 5.91 Å². The molecule has 0 aliphatic rings. The minimum atomic E-state index is -0.197. The molecule has 0 bridgehead atoms. The molecule has 0 fully saturated rings. The van der Waals surface area contributed by atoms with Gasteiger partial charge in [0.1, 0.15) is 0 Å². The molecule has 0 unspecified atom stereocenters. The molecule has 162 valence electrons. The number of aryl methyl sites for hydroxylation is 5. The number of nitrogens with one attached hydrogen (secondary N) is 2. The monoisotopic (exact) mass is 417 g/mol. The minimum absolute atomic E-state index is 0.197. The first kappa shape index (κ1) is 22.3. The Balaban J connectivity index is 1.85. The summed E-state index contributed by atoms with van der Waals surface area (Å²) in [5.74, 6) is 0.219.